The molecule has 3 heterocycles. The second-order valence-electron chi connectivity index (χ2n) is 9.88. The first kappa shape index (κ1) is 24.5. The van der Waals surface area contributed by atoms with Crippen LogP contribution in [0.2, 0.25) is 0 Å². The van der Waals surface area contributed by atoms with Gasteiger partial charge in [-0.05, 0) is 31.5 Å². The zero-order valence-electron chi connectivity index (χ0n) is 22.3. The van der Waals surface area contributed by atoms with Crippen LogP contribution in [0.5, 0.6) is 5.75 Å². The van der Waals surface area contributed by atoms with E-state index in [1.54, 1.807) is 29.2 Å². The lowest BCUT2D eigenvalue weighted by Crippen LogP contribution is -2.43. The molecule has 4 aromatic rings. The lowest BCUT2D eigenvalue weighted by Gasteiger charge is -2.32. The monoisotopic (exact) mass is 519 g/mol. The van der Waals surface area contributed by atoms with Gasteiger partial charge in [0.2, 0.25) is 6.17 Å². The Morgan fingerprint density at radius 1 is 1.00 bits per heavy atom. The zero-order chi connectivity index (χ0) is 27.1. The summed E-state index contributed by atoms with van der Waals surface area (Å²) in [5.74, 6) is 0.462. The van der Waals surface area contributed by atoms with E-state index in [1.165, 1.54) is 0 Å². The molecule has 0 saturated carbocycles. The summed E-state index contributed by atoms with van der Waals surface area (Å²) in [6, 6.07) is 15.7. The van der Waals surface area contributed by atoms with E-state index in [0.717, 1.165) is 33.8 Å². The average Bonchev–Trinajstić information content (AvgIpc) is 3.61. The lowest BCUT2D eigenvalue weighted by atomic mass is 9.85. The molecule has 1 aliphatic heterocycles. The highest BCUT2D eigenvalue weighted by molar-refractivity contribution is 6.06. The summed E-state index contributed by atoms with van der Waals surface area (Å²) in [5, 5.41) is 8.77. The van der Waals surface area contributed by atoms with Gasteiger partial charge in [-0.25, -0.2) is 9.67 Å². The predicted octanol–water partition coefficient (Wildman–Crippen LogP) is 4.41. The number of hydrogen-bond donors (Lipinski definition) is 0. The molecular formula is C30H29N7O2. The van der Waals surface area contributed by atoms with Crippen molar-refractivity contribution < 1.29 is 9.53 Å². The number of aryl methyl sites for hydroxylation is 1. The fourth-order valence-corrected chi connectivity index (χ4v) is 5.19. The largest absolute Gasteiger partial charge is 0.495 e. The molecule has 39 heavy (non-hydrogen) atoms. The molecule has 0 radical (unpaired) electrons. The second-order valence-corrected chi connectivity index (χ2v) is 9.88. The molecule has 0 spiro atoms. The first-order valence-corrected chi connectivity index (χ1v) is 12.8. The maximum Gasteiger partial charge on any atom is 0.270 e. The number of ether oxygens (including phenoxy) is 1. The molecular weight excluding hydrogens is 490 g/mol. The minimum absolute atomic E-state index is 0.0679. The summed E-state index contributed by atoms with van der Waals surface area (Å²) in [6.07, 6.45) is 10.9. The number of nitrogens with zero attached hydrogens (tertiary/aromatic N) is 7. The summed E-state index contributed by atoms with van der Waals surface area (Å²) in [5.41, 5.74) is 6.16. The van der Waals surface area contributed by atoms with Gasteiger partial charge in [0, 0.05) is 24.7 Å². The number of imidazole rings is 1. The summed E-state index contributed by atoms with van der Waals surface area (Å²) in [4.78, 5) is 24.9. The highest BCUT2D eigenvalue weighted by Crippen LogP contribution is 2.33. The van der Waals surface area contributed by atoms with Gasteiger partial charge in [0.05, 0.1) is 42.8 Å². The number of hydrogen-bond acceptors (Lipinski definition) is 6. The van der Waals surface area contributed by atoms with Crippen molar-refractivity contribution in [3.63, 3.8) is 0 Å². The van der Waals surface area contributed by atoms with E-state index in [0.29, 0.717) is 11.4 Å². The Hall–Kier alpha value is -4.79. The van der Waals surface area contributed by atoms with E-state index in [-0.39, 0.29) is 17.9 Å². The topological polar surface area (TPSA) is 90.4 Å². The van der Waals surface area contributed by atoms with Crippen molar-refractivity contribution in [1.82, 2.24) is 29.4 Å². The van der Waals surface area contributed by atoms with Gasteiger partial charge in [-0.1, -0.05) is 65.4 Å². The maximum absolute atomic E-state index is 13.8. The van der Waals surface area contributed by atoms with Crippen LogP contribution in [0, 0.1) is 12.8 Å². The molecule has 6 rings (SSSR count). The van der Waals surface area contributed by atoms with Crippen LogP contribution in [0.4, 0.5) is 0 Å². The minimum atomic E-state index is -0.880. The SMILES string of the molecule is COc1cc(-c2cn(C3N=C(c4ccccc4)C4C=CC(C)=CC4N(C)C3=O)nn2)ccc1-n1cnc(C)c1. The van der Waals surface area contributed by atoms with Gasteiger partial charge in [0.1, 0.15) is 11.4 Å². The first-order valence-electron chi connectivity index (χ1n) is 12.8. The average molecular weight is 520 g/mol. The Morgan fingerprint density at radius 3 is 2.56 bits per heavy atom. The molecule has 3 unspecified atom stereocenters. The molecule has 1 aliphatic carbocycles. The molecule has 9 nitrogen and oxygen atoms in total. The van der Waals surface area contributed by atoms with Crippen molar-refractivity contribution in [2.75, 3.05) is 14.2 Å². The second kappa shape index (κ2) is 9.83. The molecule has 3 atom stereocenters. The fraction of sp³-hybridized carbons (Fsp3) is 0.233. The number of likely N-dealkylation sites (N-methyl/N-ethyl adjacent to an activating group) is 1. The van der Waals surface area contributed by atoms with Crippen molar-refractivity contribution in [1.29, 1.82) is 0 Å². The number of aromatic nitrogens is 5. The van der Waals surface area contributed by atoms with E-state index >= 15 is 0 Å². The molecule has 0 bridgehead atoms. The third kappa shape index (κ3) is 4.46. The van der Waals surface area contributed by atoms with Crippen LogP contribution in [0.1, 0.15) is 24.3 Å². The van der Waals surface area contributed by atoms with Crippen molar-refractivity contribution in [2.24, 2.45) is 10.9 Å². The molecule has 0 fully saturated rings. The number of fused-ring (bicyclic) bond motifs is 1. The van der Waals surface area contributed by atoms with Gasteiger partial charge in [0.25, 0.3) is 5.91 Å². The normalized spacial score (nSPS) is 20.8. The molecule has 1 amide bonds. The standard InChI is InChI=1S/C30H29N7O2/c1-19-10-12-23-26(14-19)35(3)30(38)29(32-28(23)21-8-6-5-7-9-21)37-17-24(33-34-37)22-11-13-25(27(15-22)39-4)36-16-20(2)31-18-36/h5-18,23,26,29H,1-4H3. The number of amides is 1. The van der Waals surface area contributed by atoms with Gasteiger partial charge < -0.3 is 14.2 Å². The number of carbonyl (C=O) groups is 1. The van der Waals surface area contributed by atoms with E-state index in [2.05, 4.69) is 33.5 Å². The molecule has 2 aromatic carbocycles. The summed E-state index contributed by atoms with van der Waals surface area (Å²) in [7, 11) is 3.46. The molecule has 0 saturated heterocycles. The van der Waals surface area contributed by atoms with Crippen molar-refractivity contribution in [3.8, 4) is 22.7 Å². The summed E-state index contributed by atoms with van der Waals surface area (Å²) in [6.45, 7) is 3.99. The van der Waals surface area contributed by atoms with Gasteiger partial charge in [-0.15, -0.1) is 5.10 Å². The van der Waals surface area contributed by atoms with Crippen molar-refractivity contribution in [3.05, 3.63) is 102 Å². The number of aliphatic imine (C=N–C) groups is 1. The maximum atomic E-state index is 13.8. The van der Waals surface area contributed by atoms with E-state index in [4.69, 9.17) is 9.73 Å². The minimum Gasteiger partial charge on any atom is -0.495 e. The van der Waals surface area contributed by atoms with Crippen LogP contribution in [-0.4, -0.2) is 61.3 Å². The van der Waals surface area contributed by atoms with Gasteiger partial charge >= 0.3 is 0 Å². The number of carbonyl (C=O) groups excluding carboxylic acids is 1. The third-order valence-electron chi connectivity index (χ3n) is 7.26. The Bertz CT molecular complexity index is 1630. The van der Waals surface area contributed by atoms with Crippen LogP contribution in [0.25, 0.3) is 16.9 Å². The zero-order valence-corrected chi connectivity index (χ0v) is 22.3. The van der Waals surface area contributed by atoms with Crippen molar-refractivity contribution >= 4 is 11.6 Å². The lowest BCUT2D eigenvalue weighted by molar-refractivity contribution is -0.134. The molecule has 2 aromatic heterocycles. The Morgan fingerprint density at radius 2 is 1.82 bits per heavy atom. The molecule has 196 valence electrons. The highest BCUT2D eigenvalue weighted by Gasteiger charge is 2.39. The summed E-state index contributed by atoms with van der Waals surface area (Å²) >= 11 is 0. The van der Waals surface area contributed by atoms with Gasteiger partial charge in [-0.2, -0.15) is 0 Å². The summed E-state index contributed by atoms with van der Waals surface area (Å²) < 4.78 is 9.14. The Labute approximate surface area is 226 Å². The van der Waals surface area contributed by atoms with Crippen LogP contribution in [0.15, 0.2) is 96.0 Å². The molecule has 0 N–H and O–H groups in total. The van der Waals surface area contributed by atoms with Crippen LogP contribution in [0.3, 0.4) is 0 Å². The van der Waals surface area contributed by atoms with Gasteiger partial charge in [-0.3, -0.25) is 9.79 Å². The molecule has 9 heteroatoms. The number of benzene rings is 2. The third-order valence-corrected chi connectivity index (χ3v) is 7.26. The Balaban J connectivity index is 1.40. The van der Waals surface area contributed by atoms with Crippen LogP contribution >= 0.6 is 0 Å². The number of methoxy groups -OCH3 is 1. The quantitative estimate of drug-likeness (QED) is 0.390. The molecule has 2 aliphatic rings. The Kier molecular flexibility index (Phi) is 6.18. The van der Waals surface area contributed by atoms with Crippen molar-refractivity contribution in [2.45, 2.75) is 26.1 Å². The van der Waals surface area contributed by atoms with E-state index < -0.39 is 6.17 Å². The number of rotatable bonds is 5. The fourth-order valence-electron chi connectivity index (χ4n) is 5.19. The van der Waals surface area contributed by atoms with Crippen LogP contribution < -0.4 is 4.74 Å². The number of allylic oxidation sites excluding steroid dienone is 2. The van der Waals surface area contributed by atoms with Gasteiger partial charge in [0.15, 0.2) is 0 Å². The smallest absolute Gasteiger partial charge is 0.270 e. The van der Waals surface area contributed by atoms with Crippen LogP contribution in [-0.2, 0) is 4.79 Å². The first-order chi connectivity index (χ1) is 18.9. The highest BCUT2D eigenvalue weighted by atomic mass is 16.5. The van der Waals surface area contributed by atoms with E-state index in [9.17, 15) is 4.79 Å². The predicted molar refractivity (Wildman–Crippen MR) is 149 cm³/mol. The van der Waals surface area contributed by atoms with E-state index in [1.807, 2.05) is 80.2 Å².